The average Bonchev–Trinajstić information content (AvgIpc) is 2.63. The molecule has 0 aliphatic rings. The quantitative estimate of drug-likeness (QED) is 0.818. The van der Waals surface area contributed by atoms with Crippen LogP contribution in [0.25, 0.3) is 11.2 Å². The molecule has 0 radical (unpaired) electrons. The topological polar surface area (TPSA) is 68.0 Å². The zero-order chi connectivity index (χ0) is 11.5. The van der Waals surface area contributed by atoms with E-state index >= 15 is 0 Å². The first kappa shape index (κ1) is 10.9. The lowest BCUT2D eigenvalue weighted by atomic mass is 10.4. The van der Waals surface area contributed by atoms with Crippen LogP contribution >= 0.6 is 11.8 Å². The molecule has 2 heterocycles. The Balaban J connectivity index is 2.40. The Bertz CT molecular complexity index is 524. The SMILES string of the molecule is CCn1c(SCC(=O)O)nc2cccnc21. The molecule has 2 aromatic heterocycles. The van der Waals surface area contributed by atoms with Gasteiger partial charge in [0, 0.05) is 12.7 Å². The number of carbonyl (C=O) groups is 1. The molecule has 0 saturated carbocycles. The molecule has 0 spiro atoms. The summed E-state index contributed by atoms with van der Waals surface area (Å²) in [5.41, 5.74) is 1.61. The van der Waals surface area contributed by atoms with E-state index in [0.717, 1.165) is 17.7 Å². The summed E-state index contributed by atoms with van der Waals surface area (Å²) < 4.78 is 1.92. The zero-order valence-corrected chi connectivity index (χ0v) is 9.57. The lowest BCUT2D eigenvalue weighted by Crippen LogP contribution is -2.02. The third kappa shape index (κ3) is 2.01. The van der Waals surface area contributed by atoms with Crippen LogP contribution in [0.1, 0.15) is 6.92 Å². The Morgan fingerprint density at radius 2 is 2.44 bits per heavy atom. The number of hydrogen-bond acceptors (Lipinski definition) is 4. The number of nitrogens with zero attached hydrogens (tertiary/aromatic N) is 3. The van der Waals surface area contributed by atoms with Crippen molar-refractivity contribution in [1.82, 2.24) is 14.5 Å². The fourth-order valence-electron chi connectivity index (χ4n) is 1.46. The molecule has 5 nitrogen and oxygen atoms in total. The van der Waals surface area contributed by atoms with Gasteiger partial charge < -0.3 is 9.67 Å². The highest BCUT2D eigenvalue weighted by molar-refractivity contribution is 7.99. The molecular formula is C10H11N3O2S. The van der Waals surface area contributed by atoms with Crippen LogP contribution in [0.5, 0.6) is 0 Å². The molecule has 0 fully saturated rings. The molecule has 0 amide bonds. The minimum absolute atomic E-state index is 0.0172. The Morgan fingerprint density at radius 3 is 3.12 bits per heavy atom. The monoisotopic (exact) mass is 237 g/mol. The summed E-state index contributed by atoms with van der Waals surface area (Å²) in [6.07, 6.45) is 1.71. The first-order valence-electron chi connectivity index (χ1n) is 4.88. The van der Waals surface area contributed by atoms with Crippen molar-refractivity contribution in [2.75, 3.05) is 5.75 Å². The van der Waals surface area contributed by atoms with Gasteiger partial charge in [0.15, 0.2) is 10.8 Å². The molecule has 0 atom stereocenters. The van der Waals surface area contributed by atoms with Crippen LogP contribution in [0.3, 0.4) is 0 Å². The number of thioether (sulfide) groups is 1. The maximum absolute atomic E-state index is 10.5. The van der Waals surface area contributed by atoms with Gasteiger partial charge in [-0.3, -0.25) is 4.79 Å². The van der Waals surface area contributed by atoms with Gasteiger partial charge >= 0.3 is 5.97 Å². The zero-order valence-electron chi connectivity index (χ0n) is 8.75. The molecular weight excluding hydrogens is 226 g/mol. The van der Waals surface area contributed by atoms with Crippen molar-refractivity contribution in [3.63, 3.8) is 0 Å². The Labute approximate surface area is 96.5 Å². The van der Waals surface area contributed by atoms with Crippen LogP contribution in [0.4, 0.5) is 0 Å². The van der Waals surface area contributed by atoms with Gasteiger partial charge in [0.05, 0.1) is 5.75 Å². The highest BCUT2D eigenvalue weighted by atomic mass is 32.2. The second-order valence-electron chi connectivity index (χ2n) is 3.17. The number of aryl methyl sites for hydroxylation is 1. The van der Waals surface area contributed by atoms with E-state index in [4.69, 9.17) is 5.11 Å². The molecule has 0 aromatic carbocycles. The number of aliphatic carboxylic acids is 1. The van der Waals surface area contributed by atoms with Gasteiger partial charge in [-0.2, -0.15) is 0 Å². The van der Waals surface area contributed by atoms with Gasteiger partial charge in [-0.25, -0.2) is 9.97 Å². The molecule has 2 rings (SSSR count). The second kappa shape index (κ2) is 4.52. The van der Waals surface area contributed by atoms with Crippen LogP contribution in [0, 0.1) is 0 Å². The molecule has 0 unspecified atom stereocenters. The van der Waals surface area contributed by atoms with Crippen molar-refractivity contribution >= 4 is 28.9 Å². The van der Waals surface area contributed by atoms with Crippen molar-refractivity contribution < 1.29 is 9.90 Å². The number of fused-ring (bicyclic) bond motifs is 1. The minimum atomic E-state index is -0.840. The smallest absolute Gasteiger partial charge is 0.313 e. The van der Waals surface area contributed by atoms with Crippen molar-refractivity contribution in [3.05, 3.63) is 18.3 Å². The fourth-order valence-corrected chi connectivity index (χ4v) is 2.25. The van der Waals surface area contributed by atoms with E-state index in [2.05, 4.69) is 9.97 Å². The molecule has 84 valence electrons. The lowest BCUT2D eigenvalue weighted by molar-refractivity contribution is -0.133. The van der Waals surface area contributed by atoms with E-state index in [1.165, 1.54) is 11.8 Å². The molecule has 0 saturated heterocycles. The highest BCUT2D eigenvalue weighted by Crippen LogP contribution is 2.22. The molecule has 2 aromatic rings. The van der Waals surface area contributed by atoms with E-state index < -0.39 is 5.97 Å². The maximum atomic E-state index is 10.5. The Kier molecular flexibility index (Phi) is 3.09. The number of carboxylic acids is 1. The third-order valence-corrected chi connectivity index (χ3v) is 3.07. The molecule has 16 heavy (non-hydrogen) atoms. The summed E-state index contributed by atoms with van der Waals surface area (Å²) in [7, 11) is 0. The number of carboxylic acid groups (broad SMARTS) is 1. The predicted octanol–water partition coefficient (Wildman–Crippen LogP) is 1.63. The van der Waals surface area contributed by atoms with E-state index in [1.54, 1.807) is 6.20 Å². The first-order valence-corrected chi connectivity index (χ1v) is 5.86. The van der Waals surface area contributed by atoms with E-state index in [0.29, 0.717) is 5.16 Å². The van der Waals surface area contributed by atoms with Crippen LogP contribution in [0.2, 0.25) is 0 Å². The Morgan fingerprint density at radius 1 is 1.62 bits per heavy atom. The number of pyridine rings is 1. The predicted molar refractivity (Wildman–Crippen MR) is 61.6 cm³/mol. The van der Waals surface area contributed by atoms with Gasteiger partial charge in [0.25, 0.3) is 0 Å². The molecule has 6 heteroatoms. The Hall–Kier alpha value is -1.56. The van der Waals surface area contributed by atoms with E-state index in [1.807, 2.05) is 23.6 Å². The van der Waals surface area contributed by atoms with Crippen molar-refractivity contribution in [1.29, 1.82) is 0 Å². The number of imidazole rings is 1. The van der Waals surface area contributed by atoms with Gasteiger partial charge in [-0.15, -0.1) is 0 Å². The molecule has 1 N–H and O–H groups in total. The minimum Gasteiger partial charge on any atom is -0.481 e. The lowest BCUT2D eigenvalue weighted by Gasteiger charge is -2.02. The van der Waals surface area contributed by atoms with Gasteiger partial charge in [0.1, 0.15) is 5.52 Å². The van der Waals surface area contributed by atoms with Gasteiger partial charge in [-0.05, 0) is 19.1 Å². The summed E-state index contributed by atoms with van der Waals surface area (Å²) in [6.45, 7) is 2.72. The fraction of sp³-hybridized carbons (Fsp3) is 0.300. The second-order valence-corrected chi connectivity index (χ2v) is 4.11. The first-order chi connectivity index (χ1) is 7.72. The third-order valence-electron chi connectivity index (χ3n) is 2.11. The molecule has 0 aliphatic heterocycles. The van der Waals surface area contributed by atoms with Crippen molar-refractivity contribution in [2.45, 2.75) is 18.6 Å². The van der Waals surface area contributed by atoms with Gasteiger partial charge in [-0.1, -0.05) is 11.8 Å². The summed E-state index contributed by atoms with van der Waals surface area (Å²) >= 11 is 1.22. The van der Waals surface area contributed by atoms with E-state index in [-0.39, 0.29) is 5.75 Å². The number of aromatic nitrogens is 3. The van der Waals surface area contributed by atoms with E-state index in [9.17, 15) is 4.79 Å². The van der Waals surface area contributed by atoms with Crippen LogP contribution in [-0.2, 0) is 11.3 Å². The van der Waals surface area contributed by atoms with Crippen molar-refractivity contribution in [2.24, 2.45) is 0 Å². The average molecular weight is 237 g/mol. The largest absolute Gasteiger partial charge is 0.481 e. The molecule has 0 bridgehead atoms. The summed E-state index contributed by atoms with van der Waals surface area (Å²) in [5.74, 6) is -0.823. The van der Waals surface area contributed by atoms with Crippen LogP contribution in [0.15, 0.2) is 23.5 Å². The van der Waals surface area contributed by atoms with Crippen LogP contribution in [-0.4, -0.2) is 31.4 Å². The molecule has 0 aliphatic carbocycles. The highest BCUT2D eigenvalue weighted by Gasteiger charge is 2.11. The number of rotatable bonds is 4. The standard InChI is InChI=1S/C10H11N3O2S/c1-2-13-9-7(4-3-5-11-9)12-10(13)16-6-8(14)15/h3-5H,2,6H2,1H3,(H,14,15). The van der Waals surface area contributed by atoms with Crippen LogP contribution < -0.4 is 0 Å². The summed E-state index contributed by atoms with van der Waals surface area (Å²) in [5, 5.41) is 9.35. The number of hydrogen-bond donors (Lipinski definition) is 1. The maximum Gasteiger partial charge on any atom is 0.313 e. The van der Waals surface area contributed by atoms with Gasteiger partial charge in [0.2, 0.25) is 0 Å². The summed E-state index contributed by atoms with van der Waals surface area (Å²) in [4.78, 5) is 19.1. The van der Waals surface area contributed by atoms with Crippen molar-refractivity contribution in [3.8, 4) is 0 Å². The summed E-state index contributed by atoms with van der Waals surface area (Å²) in [6, 6.07) is 3.69. The normalized spacial score (nSPS) is 10.8.